The molecule has 1 fully saturated rings. The van der Waals surface area contributed by atoms with Crippen LogP contribution in [-0.4, -0.2) is 6.11 Å². The van der Waals surface area contributed by atoms with E-state index in [4.69, 9.17) is 5.26 Å². The van der Waals surface area contributed by atoms with Gasteiger partial charge >= 0.3 is 6.11 Å². The Hall–Kier alpha value is -1.77. The summed E-state index contributed by atoms with van der Waals surface area (Å²) in [4.78, 5) is 0. The molecule has 0 bridgehead atoms. The molecule has 1 aliphatic carbocycles. The molecule has 0 N–H and O–H groups in total. The Morgan fingerprint density at radius 3 is 2.14 bits per heavy atom. The number of benzene rings is 1. The van der Waals surface area contributed by atoms with Crippen LogP contribution in [-0.2, 0) is 0 Å². The van der Waals surface area contributed by atoms with Gasteiger partial charge in [0.15, 0.2) is 0 Å². The van der Waals surface area contributed by atoms with Crippen LogP contribution >= 0.6 is 0 Å². The lowest BCUT2D eigenvalue weighted by Crippen LogP contribution is -2.37. The maximum absolute atomic E-state index is 14.0. The molecule has 0 heterocycles. The Morgan fingerprint density at radius 2 is 1.68 bits per heavy atom. The Bertz CT molecular complexity index is 543. The van der Waals surface area contributed by atoms with Crippen LogP contribution in [0.5, 0.6) is 5.75 Å². The van der Waals surface area contributed by atoms with Crippen molar-refractivity contribution in [2.45, 2.75) is 46.1 Å². The molecule has 1 aromatic rings. The number of nitriles is 1. The Kier molecular flexibility index (Phi) is 5.81. The SMILES string of the molecule is C.CC1CCC(C(F)(F)Oc2cc(F)c(C#N)c(F)c2)CC1.[HH]. The van der Waals surface area contributed by atoms with Gasteiger partial charge in [-0.05, 0) is 18.8 Å². The van der Waals surface area contributed by atoms with Gasteiger partial charge in [-0.3, -0.25) is 0 Å². The summed E-state index contributed by atoms with van der Waals surface area (Å²) in [5.74, 6) is -3.58. The van der Waals surface area contributed by atoms with E-state index < -0.39 is 35.0 Å². The number of hydrogen-bond donors (Lipinski definition) is 0. The minimum atomic E-state index is -3.48. The first-order valence-corrected chi connectivity index (χ1v) is 6.79. The first kappa shape index (κ1) is 18.3. The molecular formula is C16H21F4NO. The van der Waals surface area contributed by atoms with Crippen LogP contribution in [0, 0.1) is 34.8 Å². The van der Waals surface area contributed by atoms with Crippen molar-refractivity contribution in [1.82, 2.24) is 0 Å². The third kappa shape index (κ3) is 3.90. The van der Waals surface area contributed by atoms with Crippen LogP contribution in [0.1, 0.15) is 47.0 Å². The van der Waals surface area contributed by atoms with Gasteiger partial charge < -0.3 is 4.74 Å². The largest absolute Gasteiger partial charge is 0.432 e. The van der Waals surface area contributed by atoms with Crippen LogP contribution in [0.3, 0.4) is 0 Å². The number of ether oxygens (including phenoxy) is 1. The van der Waals surface area contributed by atoms with E-state index in [2.05, 4.69) is 4.74 Å². The van der Waals surface area contributed by atoms with E-state index in [9.17, 15) is 17.6 Å². The number of hydrogen-bond acceptors (Lipinski definition) is 2. The molecule has 0 unspecified atom stereocenters. The van der Waals surface area contributed by atoms with E-state index in [0.717, 1.165) is 0 Å². The molecule has 1 aliphatic rings. The predicted octanol–water partition coefficient (Wildman–Crippen LogP) is 5.52. The molecule has 1 saturated carbocycles. The molecule has 0 amide bonds. The highest BCUT2D eigenvalue weighted by atomic mass is 19.3. The van der Waals surface area contributed by atoms with Gasteiger partial charge in [0.1, 0.15) is 29.0 Å². The van der Waals surface area contributed by atoms with Gasteiger partial charge in [-0.2, -0.15) is 14.0 Å². The van der Waals surface area contributed by atoms with Crippen LogP contribution < -0.4 is 4.74 Å². The normalized spacial score (nSPS) is 21.6. The zero-order valence-corrected chi connectivity index (χ0v) is 11.5. The van der Waals surface area contributed by atoms with Crippen molar-refractivity contribution < 1.29 is 23.7 Å². The molecule has 0 saturated heterocycles. The molecule has 6 heteroatoms. The summed E-state index contributed by atoms with van der Waals surface area (Å²) < 4.78 is 59.4. The molecule has 0 spiro atoms. The van der Waals surface area contributed by atoms with E-state index in [1.165, 1.54) is 6.07 Å². The van der Waals surface area contributed by atoms with Crippen LogP contribution in [0.25, 0.3) is 0 Å². The zero-order chi connectivity index (χ0) is 15.6. The highest BCUT2D eigenvalue weighted by molar-refractivity contribution is 5.38. The van der Waals surface area contributed by atoms with Crippen molar-refractivity contribution in [3.05, 3.63) is 29.3 Å². The van der Waals surface area contributed by atoms with Crippen molar-refractivity contribution in [3.8, 4) is 11.8 Å². The molecule has 2 nitrogen and oxygen atoms in total. The maximum Gasteiger partial charge on any atom is 0.400 e. The summed E-state index contributed by atoms with van der Waals surface area (Å²) in [6.45, 7) is 2.00. The molecule has 0 atom stereocenters. The summed E-state index contributed by atoms with van der Waals surface area (Å²) in [6, 6.07) is 2.55. The maximum atomic E-state index is 14.0. The van der Waals surface area contributed by atoms with Gasteiger partial charge in [-0.25, -0.2) is 8.78 Å². The van der Waals surface area contributed by atoms with E-state index >= 15 is 0 Å². The molecule has 1 aromatic carbocycles. The number of alkyl halides is 2. The van der Waals surface area contributed by atoms with Gasteiger partial charge in [-0.1, -0.05) is 27.2 Å². The zero-order valence-electron chi connectivity index (χ0n) is 11.5. The summed E-state index contributed by atoms with van der Waals surface area (Å²) >= 11 is 0. The van der Waals surface area contributed by atoms with Gasteiger partial charge in [0, 0.05) is 13.6 Å². The van der Waals surface area contributed by atoms with Crippen molar-refractivity contribution in [2.75, 3.05) is 0 Å². The number of halogens is 4. The molecule has 0 aromatic heterocycles. The van der Waals surface area contributed by atoms with Gasteiger partial charge in [0.05, 0.1) is 5.92 Å². The lowest BCUT2D eigenvalue weighted by atomic mass is 9.82. The Balaban J connectivity index is 0.00000242. The average molecular weight is 319 g/mol. The second-order valence-electron chi connectivity index (χ2n) is 5.49. The minimum Gasteiger partial charge on any atom is -0.432 e. The monoisotopic (exact) mass is 319 g/mol. The summed E-state index contributed by atoms with van der Waals surface area (Å²) in [6.07, 6.45) is -1.49. The first-order valence-electron chi connectivity index (χ1n) is 6.79. The lowest BCUT2D eigenvalue weighted by molar-refractivity contribution is -0.223. The molecule has 0 radical (unpaired) electrons. The highest BCUT2D eigenvalue weighted by Gasteiger charge is 2.43. The summed E-state index contributed by atoms with van der Waals surface area (Å²) in [7, 11) is 0. The lowest BCUT2D eigenvalue weighted by Gasteiger charge is -2.32. The quantitative estimate of drug-likeness (QED) is 0.688. The second-order valence-corrected chi connectivity index (χ2v) is 5.49. The fourth-order valence-corrected chi connectivity index (χ4v) is 2.55. The van der Waals surface area contributed by atoms with E-state index in [1.54, 1.807) is 0 Å². The minimum absolute atomic E-state index is 0. The van der Waals surface area contributed by atoms with Crippen molar-refractivity contribution >= 4 is 0 Å². The molecule has 124 valence electrons. The van der Waals surface area contributed by atoms with Crippen LogP contribution in [0.2, 0.25) is 0 Å². The van der Waals surface area contributed by atoms with Crippen LogP contribution in [0.15, 0.2) is 12.1 Å². The Morgan fingerprint density at radius 1 is 1.18 bits per heavy atom. The highest BCUT2D eigenvalue weighted by Crippen LogP contribution is 2.40. The molecular weight excluding hydrogens is 298 g/mol. The number of rotatable bonds is 3. The summed E-state index contributed by atoms with van der Waals surface area (Å²) in [5.41, 5.74) is -0.808. The summed E-state index contributed by atoms with van der Waals surface area (Å²) in [5, 5.41) is 8.53. The van der Waals surface area contributed by atoms with Crippen molar-refractivity contribution in [2.24, 2.45) is 11.8 Å². The second kappa shape index (κ2) is 6.99. The van der Waals surface area contributed by atoms with E-state index in [-0.39, 0.29) is 8.85 Å². The fraction of sp³-hybridized carbons (Fsp3) is 0.562. The smallest absolute Gasteiger partial charge is 0.400 e. The third-order valence-electron chi connectivity index (χ3n) is 3.87. The average Bonchev–Trinajstić information content (AvgIpc) is 2.38. The first-order chi connectivity index (χ1) is 9.83. The van der Waals surface area contributed by atoms with Gasteiger partial charge in [0.25, 0.3) is 0 Å². The van der Waals surface area contributed by atoms with Crippen molar-refractivity contribution in [3.63, 3.8) is 0 Å². The van der Waals surface area contributed by atoms with Crippen LogP contribution in [0.4, 0.5) is 17.6 Å². The van der Waals surface area contributed by atoms with Gasteiger partial charge in [-0.15, -0.1) is 0 Å². The standard InChI is InChI=1S/C15H15F4NO.CH4.H2/c1-9-2-4-10(5-3-9)15(18,19)21-11-6-13(16)12(8-20)14(17)7-11;;/h6-7,9-10H,2-5H2,1H3;1H4;1H. The van der Waals surface area contributed by atoms with Gasteiger partial charge in [0.2, 0.25) is 0 Å². The predicted molar refractivity (Wildman–Crippen MR) is 76.6 cm³/mol. The number of nitrogens with zero attached hydrogens (tertiary/aromatic N) is 1. The van der Waals surface area contributed by atoms with E-state index in [1.807, 2.05) is 6.92 Å². The van der Waals surface area contributed by atoms with E-state index in [0.29, 0.717) is 43.7 Å². The van der Waals surface area contributed by atoms with Crippen molar-refractivity contribution in [1.29, 1.82) is 5.26 Å². The fourth-order valence-electron chi connectivity index (χ4n) is 2.55. The topological polar surface area (TPSA) is 33.0 Å². The Labute approximate surface area is 129 Å². The third-order valence-corrected chi connectivity index (χ3v) is 3.87. The molecule has 22 heavy (non-hydrogen) atoms. The molecule has 2 rings (SSSR count). The molecule has 0 aliphatic heterocycles.